The number of amides is 2. The highest BCUT2D eigenvalue weighted by atomic mass is 16.2. The van der Waals surface area contributed by atoms with Crippen molar-refractivity contribution in [1.82, 2.24) is 9.80 Å². The van der Waals surface area contributed by atoms with Gasteiger partial charge in [-0.3, -0.25) is 14.5 Å². The lowest BCUT2D eigenvalue weighted by molar-refractivity contribution is -0.136. The Balaban J connectivity index is 1.59. The molecule has 2 fully saturated rings. The Morgan fingerprint density at radius 3 is 2.76 bits per heavy atom. The van der Waals surface area contributed by atoms with Crippen molar-refractivity contribution in [1.29, 1.82) is 0 Å². The highest BCUT2D eigenvalue weighted by Gasteiger charge is 2.42. The Bertz CT molecular complexity index is 675. The molecule has 3 atom stereocenters. The molecule has 25 heavy (non-hydrogen) atoms. The molecule has 0 aliphatic carbocycles. The van der Waals surface area contributed by atoms with E-state index in [0.29, 0.717) is 12.1 Å². The fourth-order valence-electron chi connectivity index (χ4n) is 4.98. The molecule has 134 valence electrons. The van der Waals surface area contributed by atoms with Gasteiger partial charge in [-0.1, -0.05) is 25.1 Å². The summed E-state index contributed by atoms with van der Waals surface area (Å²) in [5, 5.41) is 2.90. The number of carbonyl (C=O) groups is 2. The molecule has 1 aromatic rings. The van der Waals surface area contributed by atoms with E-state index in [-0.39, 0.29) is 24.2 Å². The van der Waals surface area contributed by atoms with Crippen LogP contribution in [0.2, 0.25) is 0 Å². The largest absolute Gasteiger partial charge is 0.338 e. The summed E-state index contributed by atoms with van der Waals surface area (Å²) in [6.45, 7) is 5.24. The maximum Gasteiger partial charge on any atom is 0.231 e. The van der Waals surface area contributed by atoms with Crippen molar-refractivity contribution < 1.29 is 9.59 Å². The molecule has 1 N–H and O–H groups in total. The molecule has 1 aromatic carbocycles. The van der Waals surface area contributed by atoms with Gasteiger partial charge < -0.3 is 10.2 Å². The van der Waals surface area contributed by atoms with Crippen LogP contribution in [-0.4, -0.2) is 53.3 Å². The van der Waals surface area contributed by atoms with E-state index in [0.717, 1.165) is 43.7 Å². The number of carbonyl (C=O) groups excluding carboxylic acids is 2. The number of likely N-dealkylation sites (N-methyl/N-ethyl adjacent to an activating group) is 1. The Labute approximate surface area is 149 Å². The number of hydrogen-bond acceptors (Lipinski definition) is 3. The fourth-order valence-corrected chi connectivity index (χ4v) is 4.98. The summed E-state index contributed by atoms with van der Waals surface area (Å²) in [5.41, 5.74) is 1.76. The Kier molecular flexibility index (Phi) is 4.50. The van der Waals surface area contributed by atoms with Gasteiger partial charge in [0.25, 0.3) is 0 Å². The predicted molar refractivity (Wildman–Crippen MR) is 97.4 cm³/mol. The number of likely N-dealkylation sites (tertiary alicyclic amines) is 2. The van der Waals surface area contributed by atoms with Gasteiger partial charge in [-0.15, -0.1) is 0 Å². The van der Waals surface area contributed by atoms with Gasteiger partial charge in [0.05, 0.1) is 5.92 Å². The van der Waals surface area contributed by atoms with E-state index in [9.17, 15) is 9.59 Å². The summed E-state index contributed by atoms with van der Waals surface area (Å²) in [6, 6.07) is 8.53. The topological polar surface area (TPSA) is 52.7 Å². The number of hydrogen-bond donors (Lipinski definition) is 1. The first-order chi connectivity index (χ1) is 12.2. The van der Waals surface area contributed by atoms with Crippen molar-refractivity contribution in [2.75, 3.05) is 25.0 Å². The molecule has 5 nitrogen and oxygen atoms in total. The Hall–Kier alpha value is -1.88. The van der Waals surface area contributed by atoms with Crippen molar-refractivity contribution in [3.05, 3.63) is 29.8 Å². The van der Waals surface area contributed by atoms with Gasteiger partial charge in [0, 0.05) is 30.7 Å². The SMILES string of the molecule is CCN1CCC[C@@H]1[C@H]1CCCN1C(=O)[C@H]1CC(=O)Nc2ccccc21. The van der Waals surface area contributed by atoms with Crippen LogP contribution < -0.4 is 5.32 Å². The summed E-state index contributed by atoms with van der Waals surface area (Å²) < 4.78 is 0. The van der Waals surface area contributed by atoms with Crippen LogP contribution >= 0.6 is 0 Å². The van der Waals surface area contributed by atoms with Gasteiger partial charge in [0.15, 0.2) is 0 Å². The van der Waals surface area contributed by atoms with Gasteiger partial charge in [-0.05, 0) is 50.4 Å². The number of benzene rings is 1. The molecule has 5 heteroatoms. The third-order valence-corrected chi connectivity index (χ3v) is 6.14. The smallest absolute Gasteiger partial charge is 0.231 e. The average Bonchev–Trinajstić information content (AvgIpc) is 3.28. The molecule has 3 aliphatic heterocycles. The van der Waals surface area contributed by atoms with Crippen molar-refractivity contribution >= 4 is 17.5 Å². The van der Waals surface area contributed by atoms with Gasteiger partial charge in [-0.2, -0.15) is 0 Å². The van der Waals surface area contributed by atoms with Crippen molar-refractivity contribution in [3.63, 3.8) is 0 Å². The number of anilines is 1. The van der Waals surface area contributed by atoms with Crippen molar-refractivity contribution in [2.24, 2.45) is 0 Å². The number of fused-ring (bicyclic) bond motifs is 1. The first kappa shape index (κ1) is 16.6. The summed E-state index contributed by atoms with van der Waals surface area (Å²) >= 11 is 0. The second-order valence-corrected chi connectivity index (χ2v) is 7.47. The molecular formula is C20H27N3O2. The number of rotatable bonds is 3. The maximum atomic E-state index is 13.4. The first-order valence-electron chi connectivity index (χ1n) is 9.62. The van der Waals surface area contributed by atoms with Crippen LogP contribution in [0.15, 0.2) is 24.3 Å². The lowest BCUT2D eigenvalue weighted by Crippen LogP contribution is -2.50. The summed E-state index contributed by atoms with van der Waals surface area (Å²) in [4.78, 5) is 30.1. The van der Waals surface area contributed by atoms with E-state index in [1.165, 1.54) is 12.8 Å². The molecule has 0 spiro atoms. The molecule has 4 rings (SSSR count). The number of para-hydroxylation sites is 1. The monoisotopic (exact) mass is 341 g/mol. The molecule has 2 amide bonds. The molecule has 3 heterocycles. The van der Waals surface area contributed by atoms with Crippen molar-refractivity contribution in [3.8, 4) is 0 Å². The fraction of sp³-hybridized carbons (Fsp3) is 0.600. The lowest BCUT2D eigenvalue weighted by atomic mass is 9.88. The molecule has 0 saturated carbocycles. The van der Waals surface area contributed by atoms with E-state index < -0.39 is 0 Å². The van der Waals surface area contributed by atoms with E-state index in [2.05, 4.69) is 22.0 Å². The highest BCUT2D eigenvalue weighted by Crippen LogP contribution is 2.37. The third-order valence-electron chi connectivity index (χ3n) is 6.14. The number of nitrogens with zero attached hydrogens (tertiary/aromatic N) is 2. The third kappa shape index (κ3) is 2.95. The van der Waals surface area contributed by atoms with E-state index in [4.69, 9.17) is 0 Å². The normalized spacial score (nSPS) is 29.6. The van der Waals surface area contributed by atoms with Gasteiger partial charge in [0.2, 0.25) is 11.8 Å². The second-order valence-electron chi connectivity index (χ2n) is 7.47. The second kappa shape index (κ2) is 6.79. The molecule has 0 bridgehead atoms. The van der Waals surface area contributed by atoms with Crippen LogP contribution in [-0.2, 0) is 9.59 Å². The van der Waals surface area contributed by atoms with Gasteiger partial charge in [-0.25, -0.2) is 0 Å². The predicted octanol–water partition coefficient (Wildman–Crippen LogP) is 2.59. The Morgan fingerprint density at radius 1 is 1.16 bits per heavy atom. The zero-order chi connectivity index (χ0) is 17.4. The van der Waals surface area contributed by atoms with Gasteiger partial charge in [0.1, 0.15) is 0 Å². The first-order valence-corrected chi connectivity index (χ1v) is 9.62. The minimum absolute atomic E-state index is 0.0520. The summed E-state index contributed by atoms with van der Waals surface area (Å²) in [6.07, 6.45) is 4.84. The zero-order valence-corrected chi connectivity index (χ0v) is 14.9. The average molecular weight is 341 g/mol. The molecule has 2 saturated heterocycles. The summed E-state index contributed by atoms with van der Waals surface area (Å²) in [7, 11) is 0. The number of nitrogens with one attached hydrogen (secondary N) is 1. The molecule has 0 radical (unpaired) electrons. The van der Waals surface area contributed by atoms with Crippen molar-refractivity contribution in [2.45, 2.75) is 57.0 Å². The maximum absolute atomic E-state index is 13.4. The highest BCUT2D eigenvalue weighted by molar-refractivity contribution is 6.01. The molecular weight excluding hydrogens is 314 g/mol. The van der Waals surface area contributed by atoms with Crippen LogP contribution in [0, 0.1) is 0 Å². The lowest BCUT2D eigenvalue weighted by Gasteiger charge is -2.37. The van der Waals surface area contributed by atoms with Crippen LogP contribution in [0.4, 0.5) is 5.69 Å². The molecule has 0 aromatic heterocycles. The van der Waals surface area contributed by atoms with E-state index in [1.807, 2.05) is 24.3 Å². The van der Waals surface area contributed by atoms with E-state index >= 15 is 0 Å². The van der Waals surface area contributed by atoms with E-state index in [1.54, 1.807) is 0 Å². The minimum Gasteiger partial charge on any atom is -0.338 e. The van der Waals surface area contributed by atoms with Crippen LogP contribution in [0.25, 0.3) is 0 Å². The van der Waals surface area contributed by atoms with Crippen LogP contribution in [0.1, 0.15) is 50.5 Å². The standard InChI is InChI=1S/C20H27N3O2/c1-2-22-11-5-9-17(22)18-10-6-12-23(18)20(25)15-13-19(24)21-16-8-4-3-7-14(15)16/h3-4,7-8,15,17-18H,2,5-6,9-13H2,1H3,(H,21,24)/t15-,17+,18+/m0/s1. The van der Waals surface area contributed by atoms with Crippen LogP contribution in [0.3, 0.4) is 0 Å². The molecule has 0 unspecified atom stereocenters. The van der Waals surface area contributed by atoms with Crippen LogP contribution in [0.5, 0.6) is 0 Å². The van der Waals surface area contributed by atoms with Gasteiger partial charge >= 0.3 is 0 Å². The quantitative estimate of drug-likeness (QED) is 0.919. The molecule has 3 aliphatic rings. The zero-order valence-electron chi connectivity index (χ0n) is 14.9. The Morgan fingerprint density at radius 2 is 1.92 bits per heavy atom. The summed E-state index contributed by atoms with van der Waals surface area (Å²) in [5.74, 6) is -0.237. The minimum atomic E-state index is -0.331.